The monoisotopic (exact) mass is 444 g/mol. The van der Waals surface area contributed by atoms with Gasteiger partial charge in [-0.15, -0.1) is 0 Å². The molecule has 8 nitrogen and oxygen atoms in total. The third kappa shape index (κ3) is 3.69. The number of likely N-dealkylation sites (tertiary alicyclic amines) is 1. The van der Waals surface area contributed by atoms with Crippen molar-refractivity contribution in [1.82, 2.24) is 23.8 Å². The molecular weight excluding hydrogens is 416 g/mol. The molecular formula is C25H28N6O2. The molecule has 0 aromatic carbocycles. The average Bonchev–Trinajstić information content (AvgIpc) is 3.20. The van der Waals surface area contributed by atoms with Crippen molar-refractivity contribution in [2.75, 3.05) is 31.1 Å². The van der Waals surface area contributed by atoms with E-state index >= 15 is 0 Å². The van der Waals surface area contributed by atoms with Crippen molar-refractivity contribution in [3.63, 3.8) is 0 Å². The van der Waals surface area contributed by atoms with Crippen molar-refractivity contribution >= 4 is 22.1 Å². The van der Waals surface area contributed by atoms with Gasteiger partial charge in [0.2, 0.25) is 0 Å². The van der Waals surface area contributed by atoms with E-state index < -0.39 is 0 Å². The Balaban J connectivity index is 1.25. The van der Waals surface area contributed by atoms with E-state index in [2.05, 4.69) is 26.7 Å². The number of aliphatic hydroxyl groups excluding tert-OH is 1. The number of hydrogen-bond acceptors (Lipinski definition) is 6. The molecule has 0 bridgehead atoms. The van der Waals surface area contributed by atoms with Gasteiger partial charge < -0.3 is 19.0 Å². The highest BCUT2D eigenvalue weighted by molar-refractivity contribution is 5.92. The van der Waals surface area contributed by atoms with E-state index in [-0.39, 0.29) is 11.7 Å². The standard InChI is InChI=1S/C25H28N6O2/c1-17-2-3-24-27-18(14-31(24)12-17)13-29-9-6-21-22(25(29)33)10-26-11-23(21)28-7-4-19(5-8-28)30-15-20(32)16-30/h2-3,6,9-12,14,19-20,32H,4-5,7-8,13,15-16H2,1H3. The van der Waals surface area contributed by atoms with Gasteiger partial charge in [-0.25, -0.2) is 4.98 Å². The van der Waals surface area contributed by atoms with Crippen LogP contribution in [0, 0.1) is 6.92 Å². The summed E-state index contributed by atoms with van der Waals surface area (Å²) in [6.45, 7) is 5.93. The third-order valence-corrected chi connectivity index (χ3v) is 7.07. The van der Waals surface area contributed by atoms with Gasteiger partial charge in [0.1, 0.15) is 5.65 Å². The van der Waals surface area contributed by atoms with Gasteiger partial charge in [0, 0.05) is 62.4 Å². The number of aliphatic hydroxyl groups is 1. The Hall–Kier alpha value is -3.23. The Bertz CT molecular complexity index is 1380. The summed E-state index contributed by atoms with van der Waals surface area (Å²) in [6, 6.07) is 6.60. The van der Waals surface area contributed by atoms with E-state index in [1.807, 2.05) is 47.4 Å². The second-order valence-electron chi connectivity index (χ2n) is 9.40. The molecule has 1 N–H and O–H groups in total. The van der Waals surface area contributed by atoms with E-state index in [4.69, 9.17) is 0 Å². The predicted molar refractivity (Wildman–Crippen MR) is 128 cm³/mol. The van der Waals surface area contributed by atoms with Crippen LogP contribution in [-0.4, -0.2) is 67.3 Å². The zero-order chi connectivity index (χ0) is 22.5. The lowest BCUT2D eigenvalue weighted by molar-refractivity contribution is -0.0300. The minimum absolute atomic E-state index is 0.0421. The lowest BCUT2D eigenvalue weighted by atomic mass is 9.98. The number of aryl methyl sites for hydroxylation is 1. The van der Waals surface area contributed by atoms with E-state index in [1.54, 1.807) is 10.8 Å². The number of anilines is 1. The largest absolute Gasteiger partial charge is 0.390 e. The number of fused-ring (bicyclic) bond motifs is 2. The van der Waals surface area contributed by atoms with Crippen LogP contribution in [-0.2, 0) is 6.54 Å². The van der Waals surface area contributed by atoms with Gasteiger partial charge in [0.05, 0.1) is 35.6 Å². The molecule has 4 aromatic heterocycles. The van der Waals surface area contributed by atoms with Crippen LogP contribution in [0.25, 0.3) is 16.4 Å². The first-order chi connectivity index (χ1) is 16.0. The highest BCUT2D eigenvalue weighted by Gasteiger charge is 2.33. The van der Waals surface area contributed by atoms with Gasteiger partial charge in [-0.1, -0.05) is 6.07 Å². The quantitative estimate of drug-likeness (QED) is 0.519. The molecule has 4 aromatic rings. The molecule has 2 saturated heterocycles. The second kappa shape index (κ2) is 7.97. The molecule has 0 aliphatic carbocycles. The molecule has 2 fully saturated rings. The van der Waals surface area contributed by atoms with Gasteiger partial charge in [0.15, 0.2) is 0 Å². The van der Waals surface area contributed by atoms with Crippen LogP contribution < -0.4 is 10.5 Å². The summed E-state index contributed by atoms with van der Waals surface area (Å²) in [7, 11) is 0. The zero-order valence-electron chi connectivity index (χ0n) is 18.8. The van der Waals surface area contributed by atoms with Crippen molar-refractivity contribution in [3.05, 3.63) is 70.8 Å². The number of β-amino-alcohol motifs (C(OH)–C–C–N with tert-alkyl or cyclic N) is 1. The van der Waals surface area contributed by atoms with Crippen LogP contribution in [0.2, 0.25) is 0 Å². The Labute approximate surface area is 191 Å². The molecule has 0 radical (unpaired) electrons. The average molecular weight is 445 g/mol. The predicted octanol–water partition coefficient (Wildman–Crippen LogP) is 2.05. The van der Waals surface area contributed by atoms with E-state index in [9.17, 15) is 9.90 Å². The number of rotatable bonds is 4. The summed E-state index contributed by atoms with van der Waals surface area (Å²) in [6.07, 6.45) is 11.4. The first kappa shape index (κ1) is 20.4. The van der Waals surface area contributed by atoms with Gasteiger partial charge in [-0.05, 0) is 37.5 Å². The second-order valence-corrected chi connectivity index (χ2v) is 9.40. The number of hydrogen-bond donors (Lipinski definition) is 1. The van der Waals surface area contributed by atoms with E-state index in [0.717, 1.165) is 61.4 Å². The third-order valence-electron chi connectivity index (χ3n) is 7.07. The highest BCUT2D eigenvalue weighted by atomic mass is 16.3. The maximum Gasteiger partial charge on any atom is 0.260 e. The maximum absolute atomic E-state index is 13.3. The van der Waals surface area contributed by atoms with Gasteiger partial charge in [0.25, 0.3) is 5.56 Å². The SMILES string of the molecule is Cc1ccc2nc(Cn3ccc4c(N5CCC(N6CC(O)C6)CC5)cncc4c3=O)cn2c1. The fraction of sp³-hybridized carbons (Fsp3) is 0.400. The molecule has 0 unspecified atom stereocenters. The van der Waals surface area contributed by atoms with Crippen LogP contribution in [0.15, 0.2) is 54.0 Å². The van der Waals surface area contributed by atoms with Crippen molar-refractivity contribution in [1.29, 1.82) is 0 Å². The van der Waals surface area contributed by atoms with Crippen LogP contribution in [0.3, 0.4) is 0 Å². The Morgan fingerprint density at radius 1 is 1.06 bits per heavy atom. The Morgan fingerprint density at radius 2 is 1.88 bits per heavy atom. The summed E-state index contributed by atoms with van der Waals surface area (Å²) in [5, 5.41) is 11.2. The van der Waals surface area contributed by atoms with Crippen molar-refractivity contribution in [3.8, 4) is 0 Å². The summed E-state index contributed by atoms with van der Waals surface area (Å²) in [4.78, 5) is 27.1. The van der Waals surface area contributed by atoms with Crippen LogP contribution >= 0.6 is 0 Å². The molecule has 6 rings (SSSR count). The molecule has 0 amide bonds. The first-order valence-electron chi connectivity index (χ1n) is 11.6. The summed E-state index contributed by atoms with van der Waals surface area (Å²) >= 11 is 0. The highest BCUT2D eigenvalue weighted by Crippen LogP contribution is 2.29. The van der Waals surface area contributed by atoms with E-state index in [0.29, 0.717) is 18.0 Å². The topological polar surface area (TPSA) is 78.9 Å². The summed E-state index contributed by atoms with van der Waals surface area (Å²) < 4.78 is 3.71. The Morgan fingerprint density at radius 3 is 2.67 bits per heavy atom. The molecule has 6 heterocycles. The lowest BCUT2D eigenvalue weighted by Gasteiger charge is -2.45. The normalized spacial score (nSPS) is 18.3. The van der Waals surface area contributed by atoms with E-state index in [1.165, 1.54) is 5.56 Å². The molecule has 0 saturated carbocycles. The van der Waals surface area contributed by atoms with Crippen LogP contribution in [0.5, 0.6) is 0 Å². The fourth-order valence-electron chi connectivity index (χ4n) is 5.23. The minimum Gasteiger partial charge on any atom is -0.390 e. The van der Waals surface area contributed by atoms with Gasteiger partial charge >= 0.3 is 0 Å². The lowest BCUT2D eigenvalue weighted by Crippen LogP contribution is -2.57. The fourth-order valence-corrected chi connectivity index (χ4v) is 5.23. The number of nitrogens with zero attached hydrogens (tertiary/aromatic N) is 6. The molecule has 8 heteroatoms. The van der Waals surface area contributed by atoms with Crippen molar-refractivity contribution in [2.45, 2.75) is 38.5 Å². The summed E-state index contributed by atoms with van der Waals surface area (Å²) in [5.74, 6) is 0. The maximum atomic E-state index is 13.3. The van der Waals surface area contributed by atoms with Crippen molar-refractivity contribution < 1.29 is 5.11 Å². The smallest absolute Gasteiger partial charge is 0.260 e. The molecule has 33 heavy (non-hydrogen) atoms. The molecule has 0 spiro atoms. The molecule has 2 aliphatic heterocycles. The van der Waals surface area contributed by atoms with Crippen molar-refractivity contribution in [2.24, 2.45) is 0 Å². The van der Waals surface area contributed by atoms with Gasteiger partial charge in [-0.2, -0.15) is 0 Å². The van der Waals surface area contributed by atoms with Crippen LogP contribution in [0.1, 0.15) is 24.1 Å². The number of pyridine rings is 3. The van der Waals surface area contributed by atoms with Gasteiger partial charge in [-0.3, -0.25) is 14.7 Å². The number of piperidine rings is 1. The number of aromatic nitrogens is 4. The molecule has 2 aliphatic rings. The minimum atomic E-state index is -0.155. The summed E-state index contributed by atoms with van der Waals surface area (Å²) in [5.41, 5.74) is 3.88. The van der Waals surface area contributed by atoms with Crippen LogP contribution in [0.4, 0.5) is 5.69 Å². The molecule has 170 valence electrons. The number of imidazole rings is 1. The molecule has 0 atom stereocenters. The Kier molecular flexibility index (Phi) is 4.92. The zero-order valence-corrected chi connectivity index (χ0v) is 18.8. The first-order valence-corrected chi connectivity index (χ1v) is 11.6.